The quantitative estimate of drug-likeness (QED) is 0.930. The fraction of sp³-hybridized carbons (Fsp3) is 0.438. The van der Waals surface area contributed by atoms with Gasteiger partial charge in [-0.2, -0.15) is 0 Å². The second-order valence-electron chi connectivity index (χ2n) is 5.54. The Labute approximate surface area is 119 Å². The number of benzene rings is 1. The summed E-state index contributed by atoms with van der Waals surface area (Å²) < 4.78 is 0. The van der Waals surface area contributed by atoms with Crippen molar-refractivity contribution in [1.82, 2.24) is 15.3 Å². The van der Waals surface area contributed by atoms with Crippen molar-refractivity contribution < 1.29 is 4.79 Å². The maximum atomic E-state index is 12.1. The Hall–Kier alpha value is -1.97. The van der Waals surface area contributed by atoms with Gasteiger partial charge in [-0.25, -0.2) is 9.97 Å². The summed E-state index contributed by atoms with van der Waals surface area (Å²) in [7, 11) is 0. The highest BCUT2D eigenvalue weighted by Gasteiger charge is 2.08. The van der Waals surface area contributed by atoms with Crippen molar-refractivity contribution >= 4 is 16.9 Å². The monoisotopic (exact) mass is 271 g/mol. The number of aromatic nitrogens is 2. The molecule has 0 aliphatic rings. The summed E-state index contributed by atoms with van der Waals surface area (Å²) in [6.45, 7) is 8.85. The third-order valence-electron chi connectivity index (χ3n) is 3.34. The zero-order valence-electron chi connectivity index (χ0n) is 12.5. The first-order valence-corrected chi connectivity index (χ1v) is 7.00. The zero-order chi connectivity index (χ0) is 14.7. The van der Waals surface area contributed by atoms with E-state index >= 15 is 0 Å². The number of nitrogens with zero attached hydrogens (tertiary/aromatic N) is 2. The van der Waals surface area contributed by atoms with Crippen molar-refractivity contribution in [2.45, 2.75) is 34.1 Å². The van der Waals surface area contributed by atoms with Gasteiger partial charge in [0.2, 0.25) is 0 Å². The highest BCUT2D eigenvalue weighted by atomic mass is 16.1. The lowest BCUT2D eigenvalue weighted by atomic mass is 10.1. The molecule has 0 spiro atoms. The molecule has 4 nitrogen and oxygen atoms in total. The van der Waals surface area contributed by atoms with E-state index in [2.05, 4.69) is 29.1 Å². The van der Waals surface area contributed by atoms with Crippen LogP contribution in [0.2, 0.25) is 0 Å². The number of hydrogen-bond donors (Lipinski definition) is 1. The van der Waals surface area contributed by atoms with Gasteiger partial charge in [-0.1, -0.05) is 13.8 Å². The molecule has 20 heavy (non-hydrogen) atoms. The third-order valence-corrected chi connectivity index (χ3v) is 3.34. The molecular formula is C16H21N3O. The van der Waals surface area contributed by atoms with Crippen molar-refractivity contribution in [3.63, 3.8) is 0 Å². The molecule has 0 aliphatic carbocycles. The molecule has 1 N–H and O–H groups in total. The highest BCUT2D eigenvalue weighted by Crippen LogP contribution is 2.14. The lowest BCUT2D eigenvalue weighted by Crippen LogP contribution is -2.25. The summed E-state index contributed by atoms with van der Waals surface area (Å²) in [4.78, 5) is 21.0. The molecule has 1 heterocycles. The van der Waals surface area contributed by atoms with Crippen molar-refractivity contribution in [2.75, 3.05) is 6.54 Å². The minimum absolute atomic E-state index is 0.0485. The number of hydrogen-bond acceptors (Lipinski definition) is 3. The minimum Gasteiger partial charge on any atom is -0.352 e. The van der Waals surface area contributed by atoms with Crippen LogP contribution in [-0.2, 0) is 0 Å². The molecule has 0 radical (unpaired) electrons. The van der Waals surface area contributed by atoms with E-state index in [0.29, 0.717) is 18.0 Å². The SMILES string of the molecule is Cc1nc2ccc(C(=O)NCCC(C)C)cc2nc1C. The maximum absolute atomic E-state index is 12.1. The minimum atomic E-state index is -0.0485. The van der Waals surface area contributed by atoms with Crippen molar-refractivity contribution in [3.05, 3.63) is 35.2 Å². The molecule has 0 saturated carbocycles. The average molecular weight is 271 g/mol. The van der Waals surface area contributed by atoms with E-state index in [4.69, 9.17) is 0 Å². The largest absolute Gasteiger partial charge is 0.352 e. The van der Waals surface area contributed by atoms with Gasteiger partial charge in [0, 0.05) is 12.1 Å². The van der Waals surface area contributed by atoms with Gasteiger partial charge in [-0.15, -0.1) is 0 Å². The van der Waals surface area contributed by atoms with Crippen LogP contribution in [0, 0.1) is 19.8 Å². The second kappa shape index (κ2) is 5.99. The topological polar surface area (TPSA) is 54.9 Å². The normalized spacial score (nSPS) is 11.1. The number of carbonyl (C=O) groups is 1. The number of aryl methyl sites for hydroxylation is 2. The molecule has 2 rings (SSSR count). The maximum Gasteiger partial charge on any atom is 0.251 e. The van der Waals surface area contributed by atoms with Crippen LogP contribution in [0.25, 0.3) is 11.0 Å². The smallest absolute Gasteiger partial charge is 0.251 e. The first-order valence-electron chi connectivity index (χ1n) is 7.00. The summed E-state index contributed by atoms with van der Waals surface area (Å²) in [6.07, 6.45) is 0.984. The molecule has 0 unspecified atom stereocenters. The zero-order valence-corrected chi connectivity index (χ0v) is 12.5. The molecule has 0 atom stereocenters. The van der Waals surface area contributed by atoms with E-state index in [-0.39, 0.29) is 5.91 Å². The van der Waals surface area contributed by atoms with E-state index < -0.39 is 0 Å². The van der Waals surface area contributed by atoms with Gasteiger partial charge in [0.05, 0.1) is 22.4 Å². The molecule has 0 fully saturated rings. The lowest BCUT2D eigenvalue weighted by Gasteiger charge is -2.08. The fourth-order valence-corrected chi connectivity index (χ4v) is 1.95. The Bertz CT molecular complexity index is 635. The van der Waals surface area contributed by atoms with Gasteiger partial charge in [-0.3, -0.25) is 4.79 Å². The van der Waals surface area contributed by atoms with Crippen molar-refractivity contribution in [3.8, 4) is 0 Å². The van der Waals surface area contributed by atoms with Gasteiger partial charge < -0.3 is 5.32 Å². The van der Waals surface area contributed by atoms with Crippen LogP contribution in [0.1, 0.15) is 42.0 Å². The number of nitrogens with one attached hydrogen (secondary N) is 1. The van der Waals surface area contributed by atoms with E-state index in [9.17, 15) is 4.79 Å². The van der Waals surface area contributed by atoms with Crippen LogP contribution in [0.5, 0.6) is 0 Å². The molecule has 1 aromatic carbocycles. The Morgan fingerprint density at radius 1 is 1.15 bits per heavy atom. The third kappa shape index (κ3) is 3.32. The Morgan fingerprint density at radius 2 is 1.80 bits per heavy atom. The molecule has 4 heteroatoms. The molecule has 0 bridgehead atoms. The standard InChI is InChI=1S/C16H21N3O/c1-10(2)7-8-17-16(20)13-5-6-14-15(9-13)19-12(4)11(3)18-14/h5-6,9-10H,7-8H2,1-4H3,(H,17,20). The van der Waals surface area contributed by atoms with E-state index in [1.54, 1.807) is 12.1 Å². The molecule has 2 aromatic rings. The number of fused-ring (bicyclic) bond motifs is 1. The molecule has 0 aliphatic heterocycles. The van der Waals surface area contributed by atoms with Crippen molar-refractivity contribution in [2.24, 2.45) is 5.92 Å². The summed E-state index contributed by atoms with van der Waals surface area (Å²) in [5.41, 5.74) is 4.05. The van der Waals surface area contributed by atoms with Gasteiger partial charge in [0.15, 0.2) is 0 Å². The van der Waals surface area contributed by atoms with Gasteiger partial charge >= 0.3 is 0 Å². The summed E-state index contributed by atoms with van der Waals surface area (Å²) in [5.74, 6) is 0.538. The molecule has 0 saturated heterocycles. The van der Waals surface area contributed by atoms with Crippen LogP contribution in [0.15, 0.2) is 18.2 Å². The van der Waals surface area contributed by atoms with E-state index in [1.807, 2.05) is 19.9 Å². The van der Waals surface area contributed by atoms with Crippen molar-refractivity contribution in [1.29, 1.82) is 0 Å². The van der Waals surface area contributed by atoms with Gasteiger partial charge in [0.25, 0.3) is 5.91 Å². The summed E-state index contributed by atoms with van der Waals surface area (Å²) in [5, 5.41) is 2.93. The Morgan fingerprint density at radius 3 is 2.45 bits per heavy atom. The number of carbonyl (C=O) groups excluding carboxylic acids is 1. The van der Waals surface area contributed by atoms with Crippen LogP contribution in [0.3, 0.4) is 0 Å². The molecule has 1 amide bonds. The van der Waals surface area contributed by atoms with Crippen LogP contribution in [-0.4, -0.2) is 22.4 Å². The van der Waals surface area contributed by atoms with Crippen LogP contribution < -0.4 is 5.32 Å². The van der Waals surface area contributed by atoms with Crippen LogP contribution in [0.4, 0.5) is 0 Å². The number of rotatable bonds is 4. The average Bonchev–Trinajstić information content (AvgIpc) is 2.39. The first-order chi connectivity index (χ1) is 9.47. The predicted molar refractivity (Wildman–Crippen MR) is 80.8 cm³/mol. The van der Waals surface area contributed by atoms with Gasteiger partial charge in [0.1, 0.15) is 0 Å². The van der Waals surface area contributed by atoms with Crippen LogP contribution >= 0.6 is 0 Å². The summed E-state index contributed by atoms with van der Waals surface area (Å²) >= 11 is 0. The Kier molecular flexibility index (Phi) is 4.32. The molecular weight excluding hydrogens is 250 g/mol. The molecule has 1 aromatic heterocycles. The predicted octanol–water partition coefficient (Wildman–Crippen LogP) is 3.02. The highest BCUT2D eigenvalue weighted by molar-refractivity contribution is 5.97. The lowest BCUT2D eigenvalue weighted by molar-refractivity contribution is 0.0952. The first kappa shape index (κ1) is 14.4. The summed E-state index contributed by atoms with van der Waals surface area (Å²) in [6, 6.07) is 5.46. The van der Waals surface area contributed by atoms with Gasteiger partial charge in [-0.05, 0) is 44.4 Å². The van der Waals surface area contributed by atoms with E-state index in [1.165, 1.54) is 0 Å². The Balaban J connectivity index is 2.18. The molecule has 106 valence electrons. The van der Waals surface area contributed by atoms with E-state index in [0.717, 1.165) is 28.8 Å². The number of amides is 1. The fourth-order valence-electron chi connectivity index (χ4n) is 1.95. The second-order valence-corrected chi connectivity index (χ2v) is 5.54.